The molecule has 2 rings (SSSR count). The van der Waals surface area contributed by atoms with Gasteiger partial charge in [0.05, 0.1) is 0 Å². The van der Waals surface area contributed by atoms with Gasteiger partial charge >= 0.3 is 0 Å². The number of likely N-dealkylation sites (tertiary alicyclic amines) is 1. The van der Waals surface area contributed by atoms with Crippen LogP contribution in [0.25, 0.3) is 0 Å². The molecule has 0 spiro atoms. The van der Waals surface area contributed by atoms with Crippen molar-refractivity contribution in [2.75, 3.05) is 65.4 Å². The molecular weight excluding hydrogens is 437 g/mol. The van der Waals surface area contributed by atoms with E-state index in [1.54, 1.807) is 0 Å². The third kappa shape index (κ3) is 8.30. The molecule has 26 heavy (non-hydrogen) atoms. The predicted octanol–water partition coefficient (Wildman–Crippen LogP) is 2.97. The summed E-state index contributed by atoms with van der Waals surface area (Å²) in [5.41, 5.74) is 0. The Kier molecular flexibility index (Phi) is 12.1. The van der Waals surface area contributed by atoms with Gasteiger partial charge in [-0.3, -0.25) is 4.99 Å². The summed E-state index contributed by atoms with van der Waals surface area (Å²) in [5, 5.41) is 3.51. The standard InChI is InChI=1S/C20H41N5.HI/c1-5-21-20(25-16-18(3)15-19(4)17-25)22-9-7-8-10-24-13-11-23(6-2)12-14-24;/h18-19H,5-17H2,1-4H3,(H,21,22);1H. The van der Waals surface area contributed by atoms with E-state index >= 15 is 0 Å². The highest BCUT2D eigenvalue weighted by molar-refractivity contribution is 14.0. The first kappa shape index (κ1) is 24.0. The van der Waals surface area contributed by atoms with Gasteiger partial charge in [-0.2, -0.15) is 0 Å². The average Bonchev–Trinajstić information content (AvgIpc) is 2.60. The third-order valence-electron chi connectivity index (χ3n) is 5.56. The summed E-state index contributed by atoms with van der Waals surface area (Å²) >= 11 is 0. The Morgan fingerprint density at radius 3 is 2.15 bits per heavy atom. The van der Waals surface area contributed by atoms with Gasteiger partial charge in [-0.25, -0.2) is 0 Å². The van der Waals surface area contributed by atoms with Crippen LogP contribution in [0.15, 0.2) is 4.99 Å². The van der Waals surface area contributed by atoms with Crippen molar-refractivity contribution in [2.24, 2.45) is 16.8 Å². The Balaban J connectivity index is 0.00000338. The fraction of sp³-hybridized carbons (Fsp3) is 0.950. The number of aliphatic imine (C=N–C) groups is 1. The minimum absolute atomic E-state index is 0. The van der Waals surface area contributed by atoms with Crippen LogP contribution in [0.5, 0.6) is 0 Å². The van der Waals surface area contributed by atoms with Crippen molar-refractivity contribution in [1.29, 1.82) is 0 Å². The van der Waals surface area contributed by atoms with Crippen molar-refractivity contribution in [3.05, 3.63) is 0 Å². The maximum atomic E-state index is 4.92. The smallest absolute Gasteiger partial charge is 0.193 e. The van der Waals surface area contributed by atoms with Crippen molar-refractivity contribution < 1.29 is 0 Å². The first-order valence-electron chi connectivity index (χ1n) is 10.6. The van der Waals surface area contributed by atoms with Crippen LogP contribution in [0.2, 0.25) is 0 Å². The van der Waals surface area contributed by atoms with Gasteiger partial charge in [-0.1, -0.05) is 20.8 Å². The third-order valence-corrected chi connectivity index (χ3v) is 5.56. The van der Waals surface area contributed by atoms with Crippen LogP contribution in [-0.4, -0.2) is 86.1 Å². The second-order valence-corrected chi connectivity index (χ2v) is 8.07. The number of guanidine groups is 1. The van der Waals surface area contributed by atoms with Gasteiger partial charge in [0.2, 0.25) is 0 Å². The van der Waals surface area contributed by atoms with E-state index in [-0.39, 0.29) is 24.0 Å². The number of unbranched alkanes of at least 4 members (excludes halogenated alkanes) is 1. The van der Waals surface area contributed by atoms with Gasteiger partial charge in [0.15, 0.2) is 5.96 Å². The molecule has 2 atom stereocenters. The van der Waals surface area contributed by atoms with E-state index in [4.69, 9.17) is 4.99 Å². The van der Waals surface area contributed by atoms with E-state index < -0.39 is 0 Å². The molecule has 2 heterocycles. The molecule has 0 radical (unpaired) electrons. The molecule has 1 N–H and O–H groups in total. The fourth-order valence-corrected chi connectivity index (χ4v) is 4.22. The fourth-order valence-electron chi connectivity index (χ4n) is 4.22. The van der Waals surface area contributed by atoms with Crippen molar-refractivity contribution >= 4 is 29.9 Å². The predicted molar refractivity (Wildman–Crippen MR) is 124 cm³/mol. The minimum Gasteiger partial charge on any atom is -0.357 e. The molecule has 154 valence electrons. The average molecular weight is 479 g/mol. The molecule has 6 heteroatoms. The van der Waals surface area contributed by atoms with E-state index in [9.17, 15) is 0 Å². The number of hydrogen-bond donors (Lipinski definition) is 1. The second kappa shape index (κ2) is 13.2. The van der Waals surface area contributed by atoms with Crippen LogP contribution in [0.4, 0.5) is 0 Å². The summed E-state index contributed by atoms with van der Waals surface area (Å²) in [6.45, 7) is 20.8. The zero-order valence-corrected chi connectivity index (χ0v) is 19.9. The molecule has 0 saturated carbocycles. The Hall–Kier alpha value is -0.0800. The molecule has 2 saturated heterocycles. The van der Waals surface area contributed by atoms with Gasteiger partial charge in [-0.05, 0) is 51.1 Å². The Bertz CT molecular complexity index is 386. The van der Waals surface area contributed by atoms with Gasteiger partial charge in [0.1, 0.15) is 0 Å². The number of rotatable bonds is 7. The van der Waals surface area contributed by atoms with Crippen LogP contribution < -0.4 is 5.32 Å². The number of likely N-dealkylation sites (N-methyl/N-ethyl adjacent to an activating group) is 1. The van der Waals surface area contributed by atoms with Gasteiger partial charge in [-0.15, -0.1) is 24.0 Å². The van der Waals surface area contributed by atoms with E-state index in [1.807, 2.05) is 0 Å². The lowest BCUT2D eigenvalue weighted by Gasteiger charge is -2.37. The summed E-state index contributed by atoms with van der Waals surface area (Å²) in [6, 6.07) is 0. The lowest BCUT2D eigenvalue weighted by molar-refractivity contribution is 0.136. The summed E-state index contributed by atoms with van der Waals surface area (Å²) in [6.07, 6.45) is 3.81. The molecule has 2 aliphatic rings. The number of piperidine rings is 1. The van der Waals surface area contributed by atoms with Crippen molar-refractivity contribution in [3.63, 3.8) is 0 Å². The van der Waals surface area contributed by atoms with E-state index in [0.717, 1.165) is 44.0 Å². The topological polar surface area (TPSA) is 34.1 Å². The summed E-state index contributed by atoms with van der Waals surface area (Å²) in [7, 11) is 0. The zero-order chi connectivity index (χ0) is 18.1. The van der Waals surface area contributed by atoms with Crippen LogP contribution in [0, 0.1) is 11.8 Å². The van der Waals surface area contributed by atoms with Crippen LogP contribution in [0.3, 0.4) is 0 Å². The summed E-state index contributed by atoms with van der Waals surface area (Å²) < 4.78 is 0. The molecule has 0 aromatic heterocycles. The normalized spacial score (nSPS) is 25.8. The van der Waals surface area contributed by atoms with E-state index in [1.165, 1.54) is 58.5 Å². The molecular formula is C20H42IN5. The summed E-state index contributed by atoms with van der Waals surface area (Å²) in [4.78, 5) is 12.6. The highest BCUT2D eigenvalue weighted by Crippen LogP contribution is 2.20. The quantitative estimate of drug-likeness (QED) is 0.264. The van der Waals surface area contributed by atoms with Gasteiger partial charge in [0, 0.05) is 52.4 Å². The number of halogens is 1. The van der Waals surface area contributed by atoms with Crippen molar-refractivity contribution in [1.82, 2.24) is 20.0 Å². The SMILES string of the molecule is CCNC(=NCCCCN1CCN(CC)CC1)N1CC(C)CC(C)C1.I. The highest BCUT2D eigenvalue weighted by atomic mass is 127. The van der Waals surface area contributed by atoms with Crippen LogP contribution >= 0.6 is 24.0 Å². The lowest BCUT2D eigenvalue weighted by Crippen LogP contribution is -2.48. The van der Waals surface area contributed by atoms with E-state index in [0.29, 0.717) is 0 Å². The maximum absolute atomic E-state index is 4.92. The zero-order valence-electron chi connectivity index (χ0n) is 17.5. The van der Waals surface area contributed by atoms with Crippen LogP contribution in [-0.2, 0) is 0 Å². The highest BCUT2D eigenvalue weighted by Gasteiger charge is 2.23. The molecule has 0 aliphatic carbocycles. The number of piperazine rings is 1. The largest absolute Gasteiger partial charge is 0.357 e. The first-order valence-corrected chi connectivity index (χ1v) is 10.6. The lowest BCUT2D eigenvalue weighted by atomic mass is 9.92. The first-order chi connectivity index (χ1) is 12.1. The molecule has 5 nitrogen and oxygen atoms in total. The molecule has 0 aromatic rings. The Labute approximate surface area is 179 Å². The molecule has 2 unspecified atom stereocenters. The molecule has 0 bridgehead atoms. The van der Waals surface area contributed by atoms with Gasteiger partial charge < -0.3 is 20.0 Å². The maximum Gasteiger partial charge on any atom is 0.193 e. The van der Waals surface area contributed by atoms with Crippen molar-refractivity contribution in [2.45, 2.75) is 47.0 Å². The summed E-state index contributed by atoms with van der Waals surface area (Å²) in [5.74, 6) is 2.68. The Morgan fingerprint density at radius 2 is 1.58 bits per heavy atom. The molecule has 2 fully saturated rings. The van der Waals surface area contributed by atoms with Crippen LogP contribution in [0.1, 0.15) is 47.0 Å². The minimum atomic E-state index is 0. The van der Waals surface area contributed by atoms with Gasteiger partial charge in [0.25, 0.3) is 0 Å². The Morgan fingerprint density at radius 1 is 0.962 bits per heavy atom. The number of hydrogen-bond acceptors (Lipinski definition) is 3. The number of nitrogens with zero attached hydrogens (tertiary/aromatic N) is 4. The molecule has 0 amide bonds. The monoisotopic (exact) mass is 479 g/mol. The van der Waals surface area contributed by atoms with Crippen molar-refractivity contribution in [3.8, 4) is 0 Å². The molecule has 0 aromatic carbocycles. The number of nitrogens with one attached hydrogen (secondary N) is 1. The van der Waals surface area contributed by atoms with E-state index in [2.05, 4.69) is 47.7 Å². The second-order valence-electron chi connectivity index (χ2n) is 8.07. The molecule has 2 aliphatic heterocycles.